The number of imidazole rings is 1. The number of ether oxygens (including phenoxy) is 1. The van der Waals surface area contributed by atoms with E-state index in [1.165, 1.54) is 6.33 Å². The lowest BCUT2D eigenvalue weighted by molar-refractivity contribution is 0.0178. The maximum Gasteiger partial charge on any atom is 0.410 e. The second-order valence-corrected chi connectivity index (χ2v) is 7.61. The van der Waals surface area contributed by atoms with Crippen LogP contribution in [0.4, 0.5) is 4.79 Å². The van der Waals surface area contributed by atoms with Crippen LogP contribution in [0.2, 0.25) is 0 Å². The van der Waals surface area contributed by atoms with Gasteiger partial charge in [-0.1, -0.05) is 0 Å². The van der Waals surface area contributed by atoms with Crippen LogP contribution in [0.5, 0.6) is 0 Å². The van der Waals surface area contributed by atoms with Crippen molar-refractivity contribution in [2.45, 2.75) is 52.7 Å². The van der Waals surface area contributed by atoms with E-state index in [2.05, 4.69) is 15.0 Å². The second kappa shape index (κ2) is 6.50. The fraction of sp³-hybridized carbons (Fsp3) is 0.647. The minimum absolute atomic E-state index is 0.159. The van der Waals surface area contributed by atoms with Crippen LogP contribution < -0.4 is 5.69 Å². The summed E-state index contributed by atoms with van der Waals surface area (Å²) in [5, 5.41) is 0. The Balaban J connectivity index is 1.65. The Kier molecular flexibility index (Phi) is 4.53. The quantitative estimate of drug-likeness (QED) is 0.898. The maximum atomic E-state index is 12.2. The molecule has 1 aliphatic rings. The predicted octanol–water partition coefficient (Wildman–Crippen LogP) is 2.08. The topological polar surface area (TPSA) is 93.1 Å². The molecule has 2 aromatic heterocycles. The molecule has 8 nitrogen and oxygen atoms in total. The van der Waals surface area contributed by atoms with Crippen molar-refractivity contribution in [3.63, 3.8) is 0 Å². The summed E-state index contributed by atoms with van der Waals surface area (Å²) in [6.07, 6.45) is 2.88. The molecule has 3 rings (SSSR count). The summed E-state index contributed by atoms with van der Waals surface area (Å²) in [6, 6.07) is 0. The van der Waals surface area contributed by atoms with Crippen molar-refractivity contribution in [2.24, 2.45) is 5.92 Å². The minimum atomic E-state index is -0.483. The van der Waals surface area contributed by atoms with Gasteiger partial charge in [-0.05, 0) is 46.5 Å². The summed E-state index contributed by atoms with van der Waals surface area (Å²) in [4.78, 5) is 37.3. The zero-order valence-electron chi connectivity index (χ0n) is 15.2. The highest BCUT2D eigenvalue weighted by Gasteiger charge is 2.27. The van der Waals surface area contributed by atoms with Crippen LogP contribution in [0.1, 0.15) is 39.3 Å². The average Bonchev–Trinajstić information content (AvgIpc) is 2.84. The molecule has 25 heavy (non-hydrogen) atoms. The number of aryl methyl sites for hydroxylation is 1. The molecule has 1 amide bonds. The Labute approximate surface area is 146 Å². The monoisotopic (exact) mass is 347 g/mol. The first-order valence-electron chi connectivity index (χ1n) is 8.62. The van der Waals surface area contributed by atoms with Crippen LogP contribution >= 0.6 is 0 Å². The van der Waals surface area contributed by atoms with Gasteiger partial charge in [0.1, 0.15) is 17.4 Å². The molecule has 2 aromatic rings. The number of piperidine rings is 1. The molecule has 1 saturated heterocycles. The van der Waals surface area contributed by atoms with E-state index in [0.717, 1.165) is 18.5 Å². The number of aromatic nitrogens is 4. The van der Waals surface area contributed by atoms with Crippen LogP contribution in [0.25, 0.3) is 11.2 Å². The molecule has 136 valence electrons. The van der Waals surface area contributed by atoms with Gasteiger partial charge in [-0.25, -0.2) is 19.6 Å². The molecule has 0 aliphatic carbocycles. The van der Waals surface area contributed by atoms with Crippen molar-refractivity contribution < 1.29 is 9.53 Å². The number of nitrogens with zero attached hydrogens (tertiary/aromatic N) is 4. The molecule has 0 spiro atoms. The Morgan fingerprint density at radius 1 is 1.32 bits per heavy atom. The van der Waals surface area contributed by atoms with Gasteiger partial charge in [0, 0.05) is 19.6 Å². The van der Waals surface area contributed by atoms with Gasteiger partial charge in [0.2, 0.25) is 0 Å². The number of carbonyl (C=O) groups excluding carboxylic acids is 1. The molecule has 3 heterocycles. The number of aromatic amines is 1. The van der Waals surface area contributed by atoms with Crippen LogP contribution in [0, 0.1) is 12.8 Å². The average molecular weight is 347 g/mol. The molecule has 0 bridgehead atoms. The third kappa shape index (κ3) is 3.83. The number of hydrogen-bond donors (Lipinski definition) is 1. The number of hydrogen-bond acceptors (Lipinski definition) is 5. The summed E-state index contributed by atoms with van der Waals surface area (Å²) < 4.78 is 7.10. The zero-order chi connectivity index (χ0) is 18.2. The van der Waals surface area contributed by atoms with E-state index in [4.69, 9.17) is 4.74 Å². The van der Waals surface area contributed by atoms with Crippen molar-refractivity contribution in [3.05, 3.63) is 22.5 Å². The normalized spacial score (nSPS) is 16.4. The molecule has 1 N–H and O–H groups in total. The lowest BCUT2D eigenvalue weighted by Gasteiger charge is -2.33. The first-order chi connectivity index (χ1) is 11.7. The SMILES string of the molecule is Cc1ncnc2c1[nH]c(=O)n2CC1CCN(C(=O)OC(C)(C)C)CC1. The van der Waals surface area contributed by atoms with Gasteiger partial charge in [0.25, 0.3) is 0 Å². The van der Waals surface area contributed by atoms with Gasteiger partial charge < -0.3 is 14.6 Å². The summed E-state index contributed by atoms with van der Waals surface area (Å²) in [7, 11) is 0. The lowest BCUT2D eigenvalue weighted by atomic mass is 9.97. The first-order valence-corrected chi connectivity index (χ1v) is 8.62. The molecule has 0 unspecified atom stereocenters. The van der Waals surface area contributed by atoms with E-state index in [9.17, 15) is 9.59 Å². The van der Waals surface area contributed by atoms with E-state index >= 15 is 0 Å². The number of fused-ring (bicyclic) bond motifs is 1. The fourth-order valence-electron chi connectivity index (χ4n) is 3.13. The van der Waals surface area contributed by atoms with Gasteiger partial charge in [-0.2, -0.15) is 0 Å². The molecular formula is C17H25N5O3. The number of carbonyl (C=O) groups is 1. The summed E-state index contributed by atoms with van der Waals surface area (Å²) in [5.74, 6) is 0.325. The van der Waals surface area contributed by atoms with Crippen molar-refractivity contribution in [1.82, 2.24) is 24.4 Å². The first kappa shape index (κ1) is 17.4. The highest BCUT2D eigenvalue weighted by atomic mass is 16.6. The van der Waals surface area contributed by atoms with Crippen LogP contribution in [0.3, 0.4) is 0 Å². The van der Waals surface area contributed by atoms with Gasteiger partial charge >= 0.3 is 11.8 Å². The Morgan fingerprint density at radius 3 is 2.64 bits per heavy atom. The molecule has 8 heteroatoms. The largest absolute Gasteiger partial charge is 0.444 e. The molecule has 0 atom stereocenters. The van der Waals surface area contributed by atoms with Gasteiger partial charge in [-0.3, -0.25) is 4.57 Å². The Hall–Kier alpha value is -2.38. The van der Waals surface area contributed by atoms with E-state index < -0.39 is 5.60 Å². The van der Waals surface area contributed by atoms with Crippen LogP contribution in [0.15, 0.2) is 11.1 Å². The minimum Gasteiger partial charge on any atom is -0.444 e. The van der Waals surface area contributed by atoms with Crippen LogP contribution in [-0.2, 0) is 11.3 Å². The maximum absolute atomic E-state index is 12.2. The molecule has 1 fully saturated rings. The molecule has 0 saturated carbocycles. The smallest absolute Gasteiger partial charge is 0.410 e. The molecule has 0 radical (unpaired) electrons. The van der Waals surface area contributed by atoms with E-state index in [0.29, 0.717) is 36.7 Å². The number of rotatable bonds is 2. The van der Waals surface area contributed by atoms with Crippen molar-refractivity contribution >= 4 is 17.3 Å². The number of nitrogens with one attached hydrogen (secondary N) is 1. The van der Waals surface area contributed by atoms with E-state index in [1.54, 1.807) is 9.47 Å². The molecule has 1 aliphatic heterocycles. The molecule has 0 aromatic carbocycles. The lowest BCUT2D eigenvalue weighted by Crippen LogP contribution is -2.42. The van der Waals surface area contributed by atoms with E-state index in [-0.39, 0.29) is 11.8 Å². The highest BCUT2D eigenvalue weighted by molar-refractivity contribution is 5.72. The zero-order valence-corrected chi connectivity index (χ0v) is 15.2. The Bertz CT molecular complexity index is 825. The fourth-order valence-corrected chi connectivity index (χ4v) is 3.13. The van der Waals surface area contributed by atoms with Crippen LogP contribution in [-0.4, -0.2) is 49.2 Å². The summed E-state index contributed by atoms with van der Waals surface area (Å²) in [6.45, 7) is 9.33. The third-order valence-electron chi connectivity index (χ3n) is 4.46. The second-order valence-electron chi connectivity index (χ2n) is 7.61. The van der Waals surface area contributed by atoms with Gasteiger partial charge in [-0.15, -0.1) is 0 Å². The van der Waals surface area contributed by atoms with Crippen molar-refractivity contribution in [3.8, 4) is 0 Å². The highest BCUT2D eigenvalue weighted by Crippen LogP contribution is 2.22. The standard InChI is InChI=1S/C17H25N5O3/c1-11-13-14(19-10-18-11)22(15(23)20-13)9-12-5-7-21(8-6-12)16(24)25-17(2,3)4/h10,12H,5-9H2,1-4H3,(H,20,23). The van der Waals surface area contributed by atoms with Gasteiger partial charge in [0.15, 0.2) is 5.65 Å². The number of H-pyrrole nitrogens is 1. The van der Waals surface area contributed by atoms with E-state index in [1.807, 2.05) is 27.7 Å². The van der Waals surface area contributed by atoms with Crippen molar-refractivity contribution in [1.29, 1.82) is 0 Å². The molecular weight excluding hydrogens is 322 g/mol. The predicted molar refractivity (Wildman–Crippen MR) is 93.4 cm³/mol. The summed E-state index contributed by atoms with van der Waals surface area (Å²) in [5.41, 5.74) is 1.46. The van der Waals surface area contributed by atoms with Crippen molar-refractivity contribution in [2.75, 3.05) is 13.1 Å². The van der Waals surface area contributed by atoms with Gasteiger partial charge in [0.05, 0.1) is 5.69 Å². The Morgan fingerprint density at radius 2 is 2.00 bits per heavy atom. The third-order valence-corrected chi connectivity index (χ3v) is 4.46. The number of likely N-dealkylation sites (tertiary alicyclic amines) is 1. The number of amides is 1. The summed E-state index contributed by atoms with van der Waals surface area (Å²) >= 11 is 0.